The van der Waals surface area contributed by atoms with Crippen molar-refractivity contribution in [3.05, 3.63) is 33.9 Å². The molecule has 0 spiro atoms. The number of rotatable bonds is 5. The third-order valence-corrected chi connectivity index (χ3v) is 5.77. The lowest BCUT2D eigenvalue weighted by molar-refractivity contribution is 0.0931. The van der Waals surface area contributed by atoms with Crippen molar-refractivity contribution in [2.75, 3.05) is 51.3 Å². The molecule has 1 aromatic heterocycles. The van der Waals surface area contributed by atoms with Crippen molar-refractivity contribution >= 4 is 22.5 Å². The number of benzene rings is 1. The van der Waals surface area contributed by atoms with Gasteiger partial charge in [0.1, 0.15) is 17.9 Å². The largest absolute Gasteiger partial charge is 0.487 e. The van der Waals surface area contributed by atoms with Crippen LogP contribution in [0.4, 0.5) is 10.1 Å². The third-order valence-electron chi connectivity index (χ3n) is 5.77. The maximum atomic E-state index is 15.3. The van der Waals surface area contributed by atoms with Crippen molar-refractivity contribution in [2.45, 2.75) is 19.4 Å². The monoisotopic (exact) mass is 428 g/mol. The zero-order chi connectivity index (χ0) is 22.1. The first-order valence-corrected chi connectivity index (χ1v) is 10.3. The number of nitriles is 1. The first-order valence-electron chi connectivity index (χ1n) is 10.3. The number of carbonyl (C=O) groups is 1. The van der Waals surface area contributed by atoms with Gasteiger partial charge in [-0.15, -0.1) is 0 Å². The highest BCUT2D eigenvalue weighted by molar-refractivity contribution is 5.99. The van der Waals surface area contributed by atoms with Gasteiger partial charge in [-0.25, -0.2) is 9.82 Å². The predicted octanol–water partition coefficient (Wildman–Crippen LogP) is 0.994. The Kier molecular flexibility index (Phi) is 5.80. The molecule has 3 heterocycles. The number of anilines is 1. The summed E-state index contributed by atoms with van der Waals surface area (Å²) in [6.07, 6.45) is 1.72. The number of likely N-dealkylation sites (N-methyl/N-ethyl adjacent to an activating group) is 1. The highest BCUT2D eigenvalue weighted by atomic mass is 19.1. The van der Waals surface area contributed by atoms with E-state index in [4.69, 9.17) is 10.00 Å². The van der Waals surface area contributed by atoms with Crippen LogP contribution in [0, 0.1) is 17.1 Å². The number of nitrogens with one attached hydrogen (secondary N) is 2. The molecule has 1 saturated heterocycles. The number of hydrogen-bond donors (Lipinski definition) is 2. The number of hydrazine groups is 1. The number of carbonyl (C=O) groups excluding carboxylic acids is 1. The Morgan fingerprint density at radius 1 is 1.35 bits per heavy atom. The molecular formula is C21H25FN6O3. The molecule has 2 aromatic rings. The summed E-state index contributed by atoms with van der Waals surface area (Å²) in [5, 5.41) is 8.70. The second kappa shape index (κ2) is 8.53. The maximum Gasteiger partial charge on any atom is 0.270 e. The van der Waals surface area contributed by atoms with Crippen LogP contribution < -0.4 is 25.9 Å². The quantitative estimate of drug-likeness (QED) is 0.541. The summed E-state index contributed by atoms with van der Waals surface area (Å²) < 4.78 is 23.0. The molecule has 1 unspecified atom stereocenters. The van der Waals surface area contributed by atoms with Crippen molar-refractivity contribution in [3.8, 4) is 11.8 Å². The molecule has 9 nitrogen and oxygen atoms in total. The molecule has 1 fully saturated rings. The van der Waals surface area contributed by atoms with Gasteiger partial charge < -0.3 is 19.1 Å². The highest BCUT2D eigenvalue weighted by Gasteiger charge is 2.31. The Morgan fingerprint density at radius 3 is 2.81 bits per heavy atom. The lowest BCUT2D eigenvalue weighted by atomic mass is 10.0. The number of halogens is 1. The smallest absolute Gasteiger partial charge is 0.270 e. The average Bonchev–Trinajstić information content (AvgIpc) is 2.75. The van der Waals surface area contributed by atoms with Gasteiger partial charge in [-0.05, 0) is 20.0 Å². The Morgan fingerprint density at radius 2 is 2.10 bits per heavy atom. The van der Waals surface area contributed by atoms with Crippen LogP contribution >= 0.6 is 0 Å². The first kappa shape index (κ1) is 21.1. The number of hydrogen-bond acceptors (Lipinski definition) is 7. The van der Waals surface area contributed by atoms with Crippen molar-refractivity contribution in [2.24, 2.45) is 0 Å². The topological polar surface area (TPSA) is 103 Å². The summed E-state index contributed by atoms with van der Waals surface area (Å²) in [5.41, 5.74) is 5.27. The molecule has 2 N–H and O–H groups in total. The SMILES string of the molecule is CC1COc2c(N3CCN(C)CC3)c(F)cc3c(=O)c(C(=O)NNCCC#N)cn1c23. The van der Waals surface area contributed by atoms with E-state index in [0.29, 0.717) is 36.6 Å². The van der Waals surface area contributed by atoms with Gasteiger partial charge in [-0.1, -0.05) is 0 Å². The Balaban J connectivity index is 1.81. The Labute approximate surface area is 178 Å². The minimum absolute atomic E-state index is 0.0941. The van der Waals surface area contributed by atoms with Crippen LogP contribution in [0.5, 0.6) is 5.75 Å². The fourth-order valence-electron chi connectivity index (χ4n) is 4.03. The summed E-state index contributed by atoms with van der Waals surface area (Å²) in [4.78, 5) is 29.8. The van der Waals surface area contributed by atoms with Crippen LogP contribution in [-0.2, 0) is 0 Å². The molecule has 1 amide bonds. The van der Waals surface area contributed by atoms with Crippen molar-refractivity contribution in [1.29, 1.82) is 5.26 Å². The Bertz CT molecular complexity index is 1120. The van der Waals surface area contributed by atoms with E-state index >= 15 is 4.39 Å². The molecule has 2 aliphatic rings. The average molecular weight is 428 g/mol. The van der Waals surface area contributed by atoms with Crippen LogP contribution in [0.3, 0.4) is 0 Å². The fraction of sp³-hybridized carbons (Fsp3) is 0.476. The van der Waals surface area contributed by atoms with Crippen molar-refractivity contribution in [3.63, 3.8) is 0 Å². The molecule has 0 radical (unpaired) electrons. The van der Waals surface area contributed by atoms with Gasteiger partial charge in [0.2, 0.25) is 5.43 Å². The van der Waals surface area contributed by atoms with E-state index < -0.39 is 17.2 Å². The standard InChI is InChI=1S/C21H25FN6O3/c1-13-12-31-20-17-14(10-16(22)18(20)27-8-6-26(2)7-9-27)19(29)15(11-28(13)17)21(30)25-24-5-3-4-23/h10-11,13,24H,3,5-9,12H2,1-2H3,(H,25,30). The second-order valence-corrected chi connectivity index (χ2v) is 7.95. The highest BCUT2D eigenvalue weighted by Crippen LogP contribution is 2.42. The summed E-state index contributed by atoms with van der Waals surface area (Å²) in [6, 6.07) is 3.03. The van der Waals surface area contributed by atoms with Crippen molar-refractivity contribution in [1.82, 2.24) is 20.3 Å². The van der Waals surface area contributed by atoms with E-state index in [1.807, 2.05) is 29.5 Å². The van der Waals surface area contributed by atoms with Gasteiger partial charge in [0.05, 0.1) is 23.0 Å². The molecule has 164 valence electrons. The van der Waals surface area contributed by atoms with Gasteiger partial charge in [-0.3, -0.25) is 15.0 Å². The number of piperazine rings is 1. The van der Waals surface area contributed by atoms with E-state index in [-0.39, 0.29) is 30.0 Å². The summed E-state index contributed by atoms with van der Waals surface area (Å²) in [5.74, 6) is -0.804. The van der Waals surface area contributed by atoms with Crippen LogP contribution in [0.2, 0.25) is 0 Å². The zero-order valence-electron chi connectivity index (χ0n) is 17.6. The molecule has 2 aliphatic heterocycles. The number of aromatic nitrogens is 1. The predicted molar refractivity (Wildman–Crippen MR) is 114 cm³/mol. The van der Waals surface area contributed by atoms with Crippen molar-refractivity contribution < 1.29 is 13.9 Å². The summed E-state index contributed by atoms with van der Waals surface area (Å²) in [7, 11) is 2.02. The first-order chi connectivity index (χ1) is 14.9. The van der Waals surface area contributed by atoms with Gasteiger partial charge in [0.15, 0.2) is 11.6 Å². The molecule has 0 bridgehead atoms. The van der Waals surface area contributed by atoms with Gasteiger partial charge in [-0.2, -0.15) is 5.26 Å². The number of pyridine rings is 1. The Hall–Kier alpha value is -3.16. The molecule has 31 heavy (non-hydrogen) atoms. The van der Waals surface area contributed by atoms with Gasteiger partial charge >= 0.3 is 0 Å². The fourth-order valence-corrected chi connectivity index (χ4v) is 4.03. The van der Waals surface area contributed by atoms with E-state index in [1.54, 1.807) is 0 Å². The molecular weight excluding hydrogens is 403 g/mol. The maximum absolute atomic E-state index is 15.3. The van der Waals surface area contributed by atoms with E-state index in [1.165, 1.54) is 12.3 Å². The van der Waals surface area contributed by atoms with Crippen LogP contribution in [0.15, 0.2) is 17.1 Å². The molecule has 0 saturated carbocycles. The van der Waals surface area contributed by atoms with E-state index in [9.17, 15) is 9.59 Å². The van der Waals surface area contributed by atoms with Gasteiger partial charge in [0, 0.05) is 45.3 Å². The minimum Gasteiger partial charge on any atom is -0.487 e. The second-order valence-electron chi connectivity index (χ2n) is 7.95. The number of ether oxygens (including phenoxy) is 1. The lowest BCUT2D eigenvalue weighted by Crippen LogP contribution is -2.45. The van der Waals surface area contributed by atoms with Crippen LogP contribution in [-0.4, -0.2) is 61.8 Å². The summed E-state index contributed by atoms with van der Waals surface area (Å²) in [6.45, 7) is 5.39. The van der Waals surface area contributed by atoms with E-state index in [2.05, 4.69) is 15.8 Å². The third kappa shape index (κ3) is 3.82. The number of nitrogens with zero attached hydrogens (tertiary/aromatic N) is 4. The molecule has 4 rings (SSSR count). The van der Waals surface area contributed by atoms with Crippen LogP contribution in [0.25, 0.3) is 10.9 Å². The molecule has 10 heteroatoms. The van der Waals surface area contributed by atoms with Gasteiger partial charge in [0.25, 0.3) is 5.91 Å². The molecule has 1 atom stereocenters. The normalized spacial score (nSPS) is 18.5. The molecule has 1 aromatic carbocycles. The van der Waals surface area contributed by atoms with E-state index in [0.717, 1.165) is 13.1 Å². The number of amides is 1. The zero-order valence-corrected chi connectivity index (χ0v) is 17.6. The molecule has 0 aliphatic carbocycles. The van der Waals surface area contributed by atoms with Crippen LogP contribution in [0.1, 0.15) is 29.7 Å². The lowest BCUT2D eigenvalue weighted by Gasteiger charge is -2.37. The minimum atomic E-state index is -0.627. The summed E-state index contributed by atoms with van der Waals surface area (Å²) >= 11 is 0.